The summed E-state index contributed by atoms with van der Waals surface area (Å²) in [6.45, 7) is 0.389. The van der Waals surface area contributed by atoms with Crippen LogP contribution in [-0.4, -0.2) is 33.8 Å². The predicted molar refractivity (Wildman–Crippen MR) is 92.9 cm³/mol. The van der Waals surface area contributed by atoms with Gasteiger partial charge in [0.05, 0.1) is 27.8 Å². The first-order chi connectivity index (χ1) is 12.1. The molecule has 1 amide bonds. The quantitative estimate of drug-likeness (QED) is 0.798. The van der Waals surface area contributed by atoms with Crippen molar-refractivity contribution >= 4 is 5.91 Å². The molecule has 0 atom stereocenters. The van der Waals surface area contributed by atoms with E-state index >= 15 is 0 Å². The molecule has 0 saturated heterocycles. The van der Waals surface area contributed by atoms with Crippen molar-refractivity contribution < 1.29 is 23.4 Å². The number of carbonyl (C=O) groups is 1. The molecule has 5 nitrogen and oxygen atoms in total. The van der Waals surface area contributed by atoms with E-state index in [1.807, 2.05) is 6.07 Å². The number of hydrogen-bond donors (Lipinski definition) is 1. The van der Waals surface area contributed by atoms with Gasteiger partial charge in [0.1, 0.15) is 11.6 Å². The Morgan fingerprint density at radius 1 is 1.04 bits per heavy atom. The first-order valence-electron chi connectivity index (χ1n) is 7.88. The van der Waals surface area contributed by atoms with E-state index in [1.165, 1.54) is 6.07 Å². The highest BCUT2D eigenvalue weighted by Crippen LogP contribution is 2.35. The lowest BCUT2D eigenvalue weighted by Crippen LogP contribution is -2.27. The van der Waals surface area contributed by atoms with Crippen LogP contribution in [0, 0.1) is 5.82 Å². The van der Waals surface area contributed by atoms with Gasteiger partial charge in [-0.25, -0.2) is 4.39 Å². The number of benzene rings is 2. The number of ether oxygens (including phenoxy) is 3. The Labute approximate surface area is 146 Å². The third-order valence-corrected chi connectivity index (χ3v) is 3.79. The van der Waals surface area contributed by atoms with Crippen molar-refractivity contribution in [3.63, 3.8) is 0 Å². The highest BCUT2D eigenvalue weighted by molar-refractivity contribution is 5.78. The van der Waals surface area contributed by atoms with Crippen LogP contribution < -0.4 is 19.5 Å². The van der Waals surface area contributed by atoms with Gasteiger partial charge in [-0.15, -0.1) is 0 Å². The summed E-state index contributed by atoms with van der Waals surface area (Å²) in [7, 11) is 4.68. The number of halogens is 1. The second-order valence-corrected chi connectivity index (χ2v) is 5.39. The zero-order chi connectivity index (χ0) is 18.2. The van der Waals surface area contributed by atoms with Gasteiger partial charge in [-0.1, -0.05) is 18.2 Å². The van der Waals surface area contributed by atoms with E-state index < -0.39 is 0 Å². The fourth-order valence-corrected chi connectivity index (χ4v) is 2.53. The molecule has 0 heterocycles. The van der Waals surface area contributed by atoms with Gasteiger partial charge in [-0.2, -0.15) is 0 Å². The van der Waals surface area contributed by atoms with E-state index in [4.69, 9.17) is 14.2 Å². The van der Waals surface area contributed by atoms with E-state index in [0.717, 1.165) is 5.56 Å². The summed E-state index contributed by atoms with van der Waals surface area (Å²) < 4.78 is 29.5. The average Bonchev–Trinajstić information content (AvgIpc) is 2.62. The molecule has 0 aliphatic rings. The van der Waals surface area contributed by atoms with Gasteiger partial charge in [-0.05, 0) is 24.1 Å². The van der Waals surface area contributed by atoms with Gasteiger partial charge in [0.25, 0.3) is 0 Å². The standard InChI is InChI=1S/C19H22FNO4/c1-23-15-10-14(19(25-3)17(12-15)24-2)8-9-21-18(22)11-13-6-4-5-7-16(13)20/h4-7,10,12H,8-9,11H2,1-3H3,(H,21,22). The van der Waals surface area contributed by atoms with Crippen LogP contribution in [0.1, 0.15) is 11.1 Å². The molecule has 2 aromatic carbocycles. The van der Waals surface area contributed by atoms with Crippen molar-refractivity contribution in [1.29, 1.82) is 0 Å². The molecule has 1 N–H and O–H groups in total. The molecule has 2 rings (SSSR count). The van der Waals surface area contributed by atoms with Crippen molar-refractivity contribution in [1.82, 2.24) is 5.32 Å². The first-order valence-corrected chi connectivity index (χ1v) is 7.88. The fourth-order valence-electron chi connectivity index (χ4n) is 2.53. The topological polar surface area (TPSA) is 56.8 Å². The Balaban J connectivity index is 1.99. The Morgan fingerprint density at radius 2 is 1.80 bits per heavy atom. The Bertz CT molecular complexity index is 733. The second-order valence-electron chi connectivity index (χ2n) is 5.39. The summed E-state index contributed by atoms with van der Waals surface area (Å²) >= 11 is 0. The molecule has 0 unspecified atom stereocenters. The molecule has 0 aliphatic heterocycles. The lowest BCUT2D eigenvalue weighted by molar-refractivity contribution is -0.120. The minimum absolute atomic E-state index is 0.00520. The summed E-state index contributed by atoms with van der Waals surface area (Å²) in [5.74, 6) is 1.20. The normalized spacial score (nSPS) is 10.2. The van der Waals surface area contributed by atoms with Gasteiger partial charge in [0, 0.05) is 18.2 Å². The SMILES string of the molecule is COc1cc(CCNC(=O)Cc2ccccc2F)c(OC)c(OC)c1. The first kappa shape index (κ1) is 18.6. The Kier molecular flexibility index (Phi) is 6.62. The molecule has 0 fully saturated rings. The maximum atomic E-state index is 13.6. The monoisotopic (exact) mass is 347 g/mol. The van der Waals surface area contributed by atoms with Crippen LogP contribution in [0.2, 0.25) is 0 Å². The summed E-state index contributed by atoms with van der Waals surface area (Å²) in [4.78, 5) is 12.0. The maximum Gasteiger partial charge on any atom is 0.224 e. The van der Waals surface area contributed by atoms with Crippen molar-refractivity contribution in [3.05, 3.63) is 53.3 Å². The van der Waals surface area contributed by atoms with Gasteiger partial charge in [0.15, 0.2) is 11.5 Å². The van der Waals surface area contributed by atoms with Crippen LogP contribution in [0.3, 0.4) is 0 Å². The number of carbonyl (C=O) groups excluding carboxylic acids is 1. The highest BCUT2D eigenvalue weighted by Gasteiger charge is 2.13. The fraction of sp³-hybridized carbons (Fsp3) is 0.316. The smallest absolute Gasteiger partial charge is 0.224 e. The summed E-state index contributed by atoms with van der Waals surface area (Å²) in [5.41, 5.74) is 1.23. The van der Waals surface area contributed by atoms with Gasteiger partial charge < -0.3 is 19.5 Å². The largest absolute Gasteiger partial charge is 0.497 e. The number of nitrogens with one attached hydrogen (secondary N) is 1. The Hall–Kier alpha value is -2.76. The predicted octanol–water partition coefficient (Wildman–Crippen LogP) is 2.75. The number of amides is 1. The van der Waals surface area contributed by atoms with Crippen LogP contribution in [-0.2, 0) is 17.6 Å². The van der Waals surface area contributed by atoms with E-state index in [1.54, 1.807) is 45.6 Å². The third kappa shape index (κ3) is 4.86. The molecule has 2 aromatic rings. The van der Waals surface area contributed by atoms with Crippen LogP contribution >= 0.6 is 0 Å². The van der Waals surface area contributed by atoms with Gasteiger partial charge in [-0.3, -0.25) is 4.79 Å². The summed E-state index contributed by atoms with van der Waals surface area (Å²) in [6, 6.07) is 9.82. The lowest BCUT2D eigenvalue weighted by atomic mass is 10.1. The van der Waals surface area contributed by atoms with Gasteiger partial charge in [0.2, 0.25) is 5.91 Å². The second kappa shape index (κ2) is 8.92. The van der Waals surface area contributed by atoms with Crippen molar-refractivity contribution in [2.45, 2.75) is 12.8 Å². The van der Waals surface area contributed by atoms with Crippen LogP contribution in [0.15, 0.2) is 36.4 Å². The number of methoxy groups -OCH3 is 3. The lowest BCUT2D eigenvalue weighted by Gasteiger charge is -2.15. The van der Waals surface area contributed by atoms with E-state index in [2.05, 4.69) is 5.32 Å². The summed E-state index contributed by atoms with van der Waals surface area (Å²) in [6.07, 6.45) is 0.533. The molecule has 134 valence electrons. The Morgan fingerprint density at radius 3 is 2.44 bits per heavy atom. The minimum Gasteiger partial charge on any atom is -0.497 e. The van der Waals surface area contributed by atoms with E-state index in [0.29, 0.717) is 35.8 Å². The van der Waals surface area contributed by atoms with Crippen LogP contribution in [0.25, 0.3) is 0 Å². The maximum absolute atomic E-state index is 13.6. The van der Waals surface area contributed by atoms with Crippen molar-refractivity contribution in [2.24, 2.45) is 0 Å². The van der Waals surface area contributed by atoms with Crippen molar-refractivity contribution in [3.8, 4) is 17.2 Å². The highest BCUT2D eigenvalue weighted by atomic mass is 19.1. The minimum atomic E-state index is -0.378. The molecule has 0 saturated carbocycles. The number of rotatable bonds is 8. The molecule has 0 spiro atoms. The van der Waals surface area contributed by atoms with E-state index in [-0.39, 0.29) is 18.1 Å². The van der Waals surface area contributed by atoms with Crippen molar-refractivity contribution in [2.75, 3.05) is 27.9 Å². The summed E-state index contributed by atoms with van der Waals surface area (Å²) in [5, 5.41) is 2.79. The number of hydrogen-bond acceptors (Lipinski definition) is 4. The molecule has 0 radical (unpaired) electrons. The molecular weight excluding hydrogens is 325 g/mol. The van der Waals surface area contributed by atoms with Crippen LogP contribution in [0.5, 0.6) is 17.2 Å². The molecule has 25 heavy (non-hydrogen) atoms. The zero-order valence-corrected chi connectivity index (χ0v) is 14.6. The van der Waals surface area contributed by atoms with Gasteiger partial charge >= 0.3 is 0 Å². The average molecular weight is 347 g/mol. The van der Waals surface area contributed by atoms with E-state index in [9.17, 15) is 9.18 Å². The molecule has 6 heteroatoms. The molecule has 0 aliphatic carbocycles. The molecular formula is C19H22FNO4. The third-order valence-electron chi connectivity index (χ3n) is 3.79. The molecule has 0 bridgehead atoms. The van der Waals surface area contributed by atoms with Crippen LogP contribution in [0.4, 0.5) is 4.39 Å². The molecule has 0 aromatic heterocycles. The zero-order valence-electron chi connectivity index (χ0n) is 14.6.